The summed E-state index contributed by atoms with van der Waals surface area (Å²) in [5.41, 5.74) is 2.36. The van der Waals surface area contributed by atoms with Crippen LogP contribution in [0.3, 0.4) is 0 Å². The number of rotatable bonds is 7. The molecule has 34 heavy (non-hydrogen) atoms. The van der Waals surface area contributed by atoms with Crippen LogP contribution in [-0.4, -0.2) is 50.7 Å². The molecule has 2 aromatic carbocycles. The molecule has 2 aromatic rings. The van der Waals surface area contributed by atoms with Crippen LogP contribution in [-0.2, 0) is 26.4 Å². The maximum absolute atomic E-state index is 12.4. The van der Waals surface area contributed by atoms with E-state index in [0.717, 1.165) is 41.2 Å². The van der Waals surface area contributed by atoms with Crippen molar-refractivity contribution in [3.8, 4) is 5.75 Å². The molecule has 1 N–H and O–H groups in total. The summed E-state index contributed by atoms with van der Waals surface area (Å²) in [6, 6.07) is 14.1. The Morgan fingerprint density at radius 2 is 1.91 bits per heavy atom. The lowest BCUT2D eigenvalue weighted by Gasteiger charge is -2.33. The number of ether oxygens (including phenoxy) is 1. The SMILES string of the molecule is CC(=O)N1CCCCC1/C=C/c1ccc(COc2ccccc2N2CC(C=O)NS2(=O)=O)cc1. The van der Waals surface area contributed by atoms with Gasteiger partial charge in [0.15, 0.2) is 0 Å². The molecule has 0 spiro atoms. The monoisotopic (exact) mass is 483 g/mol. The second-order valence-electron chi connectivity index (χ2n) is 8.53. The molecule has 2 aliphatic rings. The molecule has 2 heterocycles. The van der Waals surface area contributed by atoms with Crippen LogP contribution in [0.15, 0.2) is 54.6 Å². The van der Waals surface area contributed by atoms with Gasteiger partial charge in [-0.1, -0.05) is 48.6 Å². The number of nitrogens with one attached hydrogen (secondary N) is 1. The highest BCUT2D eigenvalue weighted by molar-refractivity contribution is 7.91. The van der Waals surface area contributed by atoms with Crippen LogP contribution in [0.1, 0.15) is 37.3 Å². The van der Waals surface area contributed by atoms with Crippen LogP contribution in [0.25, 0.3) is 6.08 Å². The van der Waals surface area contributed by atoms with Crippen LogP contribution in [0, 0.1) is 0 Å². The number of hydrogen-bond acceptors (Lipinski definition) is 5. The molecule has 2 unspecified atom stereocenters. The molecule has 9 heteroatoms. The molecule has 0 aromatic heterocycles. The molecule has 0 bridgehead atoms. The summed E-state index contributed by atoms with van der Waals surface area (Å²) in [7, 11) is -3.80. The smallest absolute Gasteiger partial charge is 0.302 e. The van der Waals surface area contributed by atoms with Gasteiger partial charge in [0, 0.05) is 13.5 Å². The van der Waals surface area contributed by atoms with E-state index >= 15 is 0 Å². The van der Waals surface area contributed by atoms with Crippen LogP contribution in [0.4, 0.5) is 5.69 Å². The van der Waals surface area contributed by atoms with E-state index in [0.29, 0.717) is 17.7 Å². The number of benzene rings is 2. The molecule has 0 aliphatic carbocycles. The summed E-state index contributed by atoms with van der Waals surface area (Å²) in [5, 5.41) is 0. The molecule has 2 aliphatic heterocycles. The molecule has 0 radical (unpaired) electrons. The predicted octanol–water partition coefficient (Wildman–Crippen LogP) is 2.90. The van der Waals surface area contributed by atoms with Crippen molar-refractivity contribution >= 4 is 34.2 Å². The Labute approximate surface area is 200 Å². The summed E-state index contributed by atoms with van der Waals surface area (Å²) in [6.45, 7) is 2.72. The number of hydrogen-bond donors (Lipinski definition) is 1. The molecule has 2 saturated heterocycles. The largest absolute Gasteiger partial charge is 0.487 e. The van der Waals surface area contributed by atoms with Crippen molar-refractivity contribution in [2.45, 2.75) is 44.9 Å². The number of likely N-dealkylation sites (tertiary alicyclic amines) is 1. The zero-order valence-electron chi connectivity index (χ0n) is 19.1. The third-order valence-electron chi connectivity index (χ3n) is 6.09. The fraction of sp³-hybridized carbons (Fsp3) is 0.360. The van der Waals surface area contributed by atoms with Gasteiger partial charge in [-0.05, 0) is 42.5 Å². The maximum atomic E-state index is 12.4. The first-order valence-corrected chi connectivity index (χ1v) is 12.8. The normalized spacial score (nSPS) is 22.1. The van der Waals surface area contributed by atoms with Gasteiger partial charge in [-0.25, -0.2) is 0 Å². The standard InChI is InChI=1S/C25H29N3O5S/c1-19(30)27-15-5-4-6-23(27)14-13-20-9-11-21(12-10-20)18-33-25-8-3-2-7-24(25)28-16-22(17-29)26-34(28,31)32/h2-3,7-14,17,22-23,26H,4-6,15-16,18H2,1H3/b14-13+. The van der Waals surface area contributed by atoms with Crippen LogP contribution < -0.4 is 13.8 Å². The van der Waals surface area contributed by atoms with Gasteiger partial charge in [-0.2, -0.15) is 13.1 Å². The number of para-hydroxylation sites is 2. The van der Waals surface area contributed by atoms with Crippen molar-refractivity contribution in [3.05, 3.63) is 65.7 Å². The van der Waals surface area contributed by atoms with E-state index in [1.54, 1.807) is 31.2 Å². The van der Waals surface area contributed by atoms with Gasteiger partial charge in [0.05, 0.1) is 24.3 Å². The van der Waals surface area contributed by atoms with Gasteiger partial charge < -0.3 is 14.4 Å². The van der Waals surface area contributed by atoms with Crippen LogP contribution >= 0.6 is 0 Å². The first-order valence-electron chi connectivity index (χ1n) is 11.4. The number of aldehydes is 1. The van der Waals surface area contributed by atoms with Crippen molar-refractivity contribution in [1.82, 2.24) is 9.62 Å². The lowest BCUT2D eigenvalue weighted by Crippen LogP contribution is -2.41. The van der Waals surface area contributed by atoms with E-state index in [1.807, 2.05) is 35.2 Å². The molecule has 180 valence electrons. The number of carbonyl (C=O) groups excluding carboxylic acids is 2. The van der Waals surface area contributed by atoms with E-state index in [2.05, 4.69) is 10.8 Å². The Morgan fingerprint density at radius 1 is 1.15 bits per heavy atom. The summed E-state index contributed by atoms with van der Waals surface area (Å²) in [6.07, 6.45) is 7.89. The minimum absolute atomic E-state index is 0.0231. The summed E-state index contributed by atoms with van der Waals surface area (Å²) in [5.74, 6) is 0.534. The Morgan fingerprint density at radius 3 is 2.62 bits per heavy atom. The van der Waals surface area contributed by atoms with Crippen molar-refractivity contribution < 1.29 is 22.7 Å². The van der Waals surface area contributed by atoms with Gasteiger partial charge in [-0.15, -0.1) is 0 Å². The van der Waals surface area contributed by atoms with E-state index in [9.17, 15) is 18.0 Å². The lowest BCUT2D eigenvalue weighted by atomic mass is 10.0. The number of carbonyl (C=O) groups is 2. The quantitative estimate of drug-likeness (QED) is 0.611. The van der Waals surface area contributed by atoms with Gasteiger partial charge in [0.25, 0.3) is 0 Å². The highest BCUT2D eigenvalue weighted by Crippen LogP contribution is 2.32. The number of piperidine rings is 1. The van der Waals surface area contributed by atoms with Crippen molar-refractivity contribution in [2.24, 2.45) is 0 Å². The molecule has 1 amide bonds. The topological polar surface area (TPSA) is 96.0 Å². The average Bonchev–Trinajstić information content (AvgIpc) is 3.16. The molecular weight excluding hydrogens is 454 g/mol. The third-order valence-corrected chi connectivity index (χ3v) is 7.62. The average molecular weight is 484 g/mol. The zero-order chi connectivity index (χ0) is 24.1. The van der Waals surface area contributed by atoms with E-state index in [1.165, 1.54) is 0 Å². The number of amides is 1. The summed E-state index contributed by atoms with van der Waals surface area (Å²) < 4.78 is 34.2. The molecule has 4 rings (SSSR count). The Kier molecular flexibility index (Phi) is 7.33. The minimum Gasteiger partial charge on any atom is -0.487 e. The molecular formula is C25H29N3O5S. The fourth-order valence-electron chi connectivity index (χ4n) is 4.31. The maximum Gasteiger partial charge on any atom is 0.302 e. The zero-order valence-corrected chi connectivity index (χ0v) is 19.9. The van der Waals surface area contributed by atoms with Gasteiger partial charge >= 0.3 is 10.2 Å². The molecule has 2 atom stereocenters. The fourth-order valence-corrected chi connectivity index (χ4v) is 5.72. The Balaban J connectivity index is 1.41. The highest BCUT2D eigenvalue weighted by atomic mass is 32.2. The molecule has 0 saturated carbocycles. The lowest BCUT2D eigenvalue weighted by molar-refractivity contribution is -0.131. The first kappa shape index (κ1) is 24.0. The molecule has 8 nitrogen and oxygen atoms in total. The Bertz CT molecular complexity index is 1160. The number of anilines is 1. The highest BCUT2D eigenvalue weighted by Gasteiger charge is 2.36. The van der Waals surface area contributed by atoms with Crippen molar-refractivity contribution in [3.63, 3.8) is 0 Å². The number of nitrogens with zero attached hydrogens (tertiary/aromatic N) is 2. The van der Waals surface area contributed by atoms with Gasteiger partial charge in [0.1, 0.15) is 18.6 Å². The second kappa shape index (κ2) is 10.4. The first-order chi connectivity index (χ1) is 16.4. The van der Waals surface area contributed by atoms with E-state index in [-0.39, 0.29) is 25.1 Å². The van der Waals surface area contributed by atoms with Crippen LogP contribution in [0.5, 0.6) is 5.75 Å². The van der Waals surface area contributed by atoms with Gasteiger partial charge in [0.2, 0.25) is 5.91 Å². The van der Waals surface area contributed by atoms with Crippen LogP contribution in [0.2, 0.25) is 0 Å². The minimum atomic E-state index is -3.80. The van der Waals surface area contributed by atoms with E-state index < -0.39 is 16.3 Å². The Hall–Kier alpha value is -3.17. The third kappa shape index (κ3) is 5.48. The van der Waals surface area contributed by atoms with Crippen molar-refractivity contribution in [2.75, 3.05) is 17.4 Å². The molecule has 2 fully saturated rings. The van der Waals surface area contributed by atoms with Crippen molar-refractivity contribution in [1.29, 1.82) is 0 Å². The summed E-state index contributed by atoms with van der Waals surface area (Å²) >= 11 is 0. The van der Waals surface area contributed by atoms with Gasteiger partial charge in [-0.3, -0.25) is 9.10 Å². The summed E-state index contributed by atoms with van der Waals surface area (Å²) in [4.78, 5) is 24.8. The van der Waals surface area contributed by atoms with E-state index in [4.69, 9.17) is 4.74 Å². The second-order valence-corrected chi connectivity index (χ2v) is 10.2. The predicted molar refractivity (Wildman–Crippen MR) is 131 cm³/mol.